The van der Waals surface area contributed by atoms with Crippen LogP contribution in [0.3, 0.4) is 0 Å². The highest BCUT2D eigenvalue weighted by atomic mass is 16.6. The van der Waals surface area contributed by atoms with Gasteiger partial charge in [0.2, 0.25) is 0 Å². The van der Waals surface area contributed by atoms with E-state index in [2.05, 4.69) is 4.90 Å². The van der Waals surface area contributed by atoms with Crippen molar-refractivity contribution in [3.8, 4) is 0 Å². The lowest BCUT2D eigenvalue weighted by molar-refractivity contribution is -0.384. The summed E-state index contributed by atoms with van der Waals surface area (Å²) in [7, 11) is 0. The Morgan fingerprint density at radius 2 is 2.11 bits per heavy atom. The topological polar surface area (TPSA) is 72.4 Å². The summed E-state index contributed by atoms with van der Waals surface area (Å²) in [5, 5.41) is 11.1. The number of hydrogen-bond acceptors (Lipinski definition) is 4. The van der Waals surface area contributed by atoms with Gasteiger partial charge in [-0.2, -0.15) is 0 Å². The molecule has 2 rings (SSSR count). The second kappa shape index (κ2) is 6.02. The molecule has 0 saturated carbocycles. The maximum Gasteiger partial charge on any atom is 0.292 e. The van der Waals surface area contributed by atoms with Gasteiger partial charge in [-0.15, -0.1) is 0 Å². The third kappa shape index (κ3) is 3.23. The summed E-state index contributed by atoms with van der Waals surface area (Å²) in [4.78, 5) is 13.0. The molecule has 1 heterocycles. The molecule has 19 heavy (non-hydrogen) atoms. The van der Waals surface area contributed by atoms with Crippen LogP contribution in [-0.2, 0) is 0 Å². The number of benzene rings is 1. The molecule has 1 fully saturated rings. The molecule has 1 aliphatic heterocycles. The Morgan fingerprint density at radius 1 is 1.42 bits per heavy atom. The standard InChI is InChI=1S/C14H21N3O2/c1-11-2-3-13(17(18)19)14(10-11)16-8-5-12(4-7-15)6-9-16/h2-3,10,12H,4-9,15H2,1H3. The molecule has 5 heteroatoms. The Kier molecular flexibility index (Phi) is 4.37. The van der Waals surface area contributed by atoms with E-state index in [9.17, 15) is 10.1 Å². The minimum absolute atomic E-state index is 0.211. The molecule has 0 aliphatic carbocycles. The smallest absolute Gasteiger partial charge is 0.292 e. The number of hydrogen-bond donors (Lipinski definition) is 1. The first-order valence-electron chi connectivity index (χ1n) is 6.82. The van der Waals surface area contributed by atoms with Crippen molar-refractivity contribution in [3.05, 3.63) is 33.9 Å². The maximum atomic E-state index is 11.1. The van der Waals surface area contributed by atoms with Crippen LogP contribution in [0.2, 0.25) is 0 Å². The van der Waals surface area contributed by atoms with Crippen LogP contribution in [0.4, 0.5) is 11.4 Å². The molecule has 104 valence electrons. The second-order valence-electron chi connectivity index (χ2n) is 5.26. The number of aryl methyl sites for hydroxylation is 1. The van der Waals surface area contributed by atoms with Gasteiger partial charge < -0.3 is 10.6 Å². The van der Waals surface area contributed by atoms with Crippen molar-refractivity contribution >= 4 is 11.4 Å². The zero-order valence-corrected chi connectivity index (χ0v) is 11.3. The van der Waals surface area contributed by atoms with Gasteiger partial charge in [-0.3, -0.25) is 10.1 Å². The first kappa shape index (κ1) is 13.8. The van der Waals surface area contributed by atoms with Crippen LogP contribution < -0.4 is 10.6 Å². The lowest BCUT2D eigenvalue weighted by atomic mass is 9.93. The molecule has 1 aromatic carbocycles. The van der Waals surface area contributed by atoms with Gasteiger partial charge in [-0.25, -0.2) is 0 Å². The first-order chi connectivity index (χ1) is 9.11. The Balaban J connectivity index is 2.14. The summed E-state index contributed by atoms with van der Waals surface area (Å²) in [6, 6.07) is 5.32. The summed E-state index contributed by atoms with van der Waals surface area (Å²) in [6.45, 7) is 4.47. The fourth-order valence-electron chi connectivity index (χ4n) is 2.74. The van der Waals surface area contributed by atoms with Gasteiger partial charge in [-0.1, -0.05) is 6.07 Å². The van der Waals surface area contributed by atoms with Gasteiger partial charge in [0, 0.05) is 19.2 Å². The Hall–Kier alpha value is -1.62. The van der Waals surface area contributed by atoms with Crippen LogP contribution in [0, 0.1) is 23.0 Å². The van der Waals surface area contributed by atoms with Crippen LogP contribution in [0.15, 0.2) is 18.2 Å². The number of nitrogens with two attached hydrogens (primary N) is 1. The highest BCUT2D eigenvalue weighted by Crippen LogP contribution is 2.32. The number of piperidine rings is 1. The van der Waals surface area contributed by atoms with Gasteiger partial charge in [0.05, 0.1) is 4.92 Å². The molecule has 1 aromatic rings. The van der Waals surface area contributed by atoms with Crippen molar-refractivity contribution < 1.29 is 4.92 Å². The lowest BCUT2D eigenvalue weighted by Gasteiger charge is -2.33. The third-order valence-corrected chi connectivity index (χ3v) is 3.86. The molecule has 0 aromatic heterocycles. The third-order valence-electron chi connectivity index (χ3n) is 3.86. The van der Waals surface area contributed by atoms with E-state index in [1.807, 2.05) is 13.0 Å². The molecule has 0 radical (unpaired) electrons. The van der Waals surface area contributed by atoms with Crippen LogP contribution in [-0.4, -0.2) is 24.6 Å². The minimum atomic E-state index is -0.291. The molecule has 0 unspecified atom stereocenters. The molecule has 0 amide bonds. The molecule has 0 bridgehead atoms. The van der Waals surface area contributed by atoms with Gasteiger partial charge in [0.25, 0.3) is 5.69 Å². The zero-order valence-electron chi connectivity index (χ0n) is 11.3. The summed E-state index contributed by atoms with van der Waals surface area (Å²) in [6.07, 6.45) is 3.20. The highest BCUT2D eigenvalue weighted by Gasteiger charge is 2.24. The van der Waals surface area contributed by atoms with E-state index in [1.54, 1.807) is 12.1 Å². The molecule has 2 N–H and O–H groups in total. The largest absolute Gasteiger partial charge is 0.366 e. The first-order valence-corrected chi connectivity index (χ1v) is 6.82. The van der Waals surface area contributed by atoms with E-state index in [4.69, 9.17) is 5.73 Å². The molecule has 1 aliphatic rings. The summed E-state index contributed by atoms with van der Waals surface area (Å²) >= 11 is 0. The van der Waals surface area contributed by atoms with Gasteiger partial charge in [0.15, 0.2) is 0 Å². The van der Waals surface area contributed by atoms with Gasteiger partial charge >= 0.3 is 0 Å². The van der Waals surface area contributed by atoms with E-state index in [-0.39, 0.29) is 10.6 Å². The van der Waals surface area contributed by atoms with E-state index in [0.29, 0.717) is 5.92 Å². The summed E-state index contributed by atoms with van der Waals surface area (Å²) in [5.41, 5.74) is 7.62. The number of anilines is 1. The normalized spacial score (nSPS) is 16.6. The fraction of sp³-hybridized carbons (Fsp3) is 0.571. The predicted octanol–water partition coefficient (Wildman–Crippen LogP) is 2.47. The predicted molar refractivity (Wildman–Crippen MR) is 76.4 cm³/mol. The van der Waals surface area contributed by atoms with Crippen molar-refractivity contribution in [1.82, 2.24) is 0 Å². The minimum Gasteiger partial charge on any atom is -0.366 e. The van der Waals surface area contributed by atoms with Crippen molar-refractivity contribution in [3.63, 3.8) is 0 Å². The van der Waals surface area contributed by atoms with Crippen LogP contribution in [0.5, 0.6) is 0 Å². The molecular weight excluding hydrogens is 242 g/mol. The fourth-order valence-corrected chi connectivity index (χ4v) is 2.74. The van der Waals surface area contributed by atoms with E-state index < -0.39 is 0 Å². The average molecular weight is 263 g/mol. The lowest BCUT2D eigenvalue weighted by Crippen LogP contribution is -2.34. The molecular formula is C14H21N3O2. The number of nitro groups is 1. The Morgan fingerprint density at radius 3 is 2.68 bits per heavy atom. The number of rotatable bonds is 4. The zero-order chi connectivity index (χ0) is 13.8. The van der Waals surface area contributed by atoms with Crippen LogP contribution in [0.1, 0.15) is 24.8 Å². The molecule has 5 nitrogen and oxygen atoms in total. The van der Waals surface area contributed by atoms with E-state index in [0.717, 1.165) is 50.1 Å². The van der Waals surface area contributed by atoms with E-state index in [1.165, 1.54) is 0 Å². The molecule has 0 spiro atoms. The van der Waals surface area contributed by atoms with Crippen LogP contribution in [0.25, 0.3) is 0 Å². The van der Waals surface area contributed by atoms with Crippen molar-refractivity contribution in [2.45, 2.75) is 26.2 Å². The number of nitro benzene ring substituents is 1. The maximum absolute atomic E-state index is 11.1. The summed E-state index contributed by atoms with van der Waals surface area (Å²) in [5.74, 6) is 0.671. The SMILES string of the molecule is Cc1ccc([N+](=O)[O-])c(N2CCC(CCN)CC2)c1. The average Bonchev–Trinajstić information content (AvgIpc) is 2.39. The van der Waals surface area contributed by atoms with Crippen molar-refractivity contribution in [2.24, 2.45) is 11.7 Å². The van der Waals surface area contributed by atoms with Gasteiger partial charge in [0.1, 0.15) is 5.69 Å². The molecule has 0 atom stereocenters. The van der Waals surface area contributed by atoms with Crippen LogP contribution >= 0.6 is 0 Å². The highest BCUT2D eigenvalue weighted by molar-refractivity contribution is 5.64. The summed E-state index contributed by atoms with van der Waals surface area (Å²) < 4.78 is 0. The van der Waals surface area contributed by atoms with E-state index >= 15 is 0 Å². The number of nitrogens with zero attached hydrogens (tertiary/aromatic N) is 2. The molecule has 1 saturated heterocycles. The van der Waals surface area contributed by atoms with Crippen molar-refractivity contribution in [2.75, 3.05) is 24.5 Å². The Labute approximate surface area is 113 Å². The van der Waals surface area contributed by atoms with Gasteiger partial charge in [-0.05, 0) is 50.3 Å². The monoisotopic (exact) mass is 263 g/mol. The Bertz CT molecular complexity index is 454. The second-order valence-corrected chi connectivity index (χ2v) is 5.26. The van der Waals surface area contributed by atoms with Crippen molar-refractivity contribution in [1.29, 1.82) is 0 Å². The quantitative estimate of drug-likeness (QED) is 0.669.